The number of rotatable bonds is 0. The first kappa shape index (κ1) is 6.75. The van der Waals surface area contributed by atoms with Gasteiger partial charge in [0, 0.05) is 24.7 Å². The summed E-state index contributed by atoms with van der Waals surface area (Å²) < 4.78 is 0. The Balaban J connectivity index is 2.46. The van der Waals surface area contributed by atoms with Gasteiger partial charge in [-0.3, -0.25) is 4.99 Å². The molecule has 1 heterocycles. The SMILES string of the molecule is CC1C=NCCNC1C. The van der Waals surface area contributed by atoms with E-state index >= 15 is 0 Å². The first-order valence-corrected chi connectivity index (χ1v) is 3.54. The molecule has 52 valence electrons. The lowest BCUT2D eigenvalue weighted by Crippen LogP contribution is -2.32. The average molecular weight is 126 g/mol. The smallest absolute Gasteiger partial charge is 0.0510 e. The average Bonchev–Trinajstić information content (AvgIpc) is 1.99. The van der Waals surface area contributed by atoms with Crippen LogP contribution in [0.5, 0.6) is 0 Å². The molecular weight excluding hydrogens is 112 g/mol. The van der Waals surface area contributed by atoms with E-state index in [4.69, 9.17) is 0 Å². The second-order valence-electron chi connectivity index (χ2n) is 2.66. The molecule has 0 fully saturated rings. The van der Waals surface area contributed by atoms with Crippen LogP contribution in [0.3, 0.4) is 0 Å². The molecule has 0 amide bonds. The van der Waals surface area contributed by atoms with Gasteiger partial charge in [-0.25, -0.2) is 0 Å². The van der Waals surface area contributed by atoms with Gasteiger partial charge in [0.25, 0.3) is 0 Å². The second kappa shape index (κ2) is 2.97. The van der Waals surface area contributed by atoms with Gasteiger partial charge in [0.15, 0.2) is 0 Å². The van der Waals surface area contributed by atoms with Gasteiger partial charge in [-0.05, 0) is 6.92 Å². The highest BCUT2D eigenvalue weighted by molar-refractivity contribution is 5.61. The van der Waals surface area contributed by atoms with Crippen molar-refractivity contribution in [1.82, 2.24) is 5.32 Å². The van der Waals surface area contributed by atoms with Crippen molar-refractivity contribution in [1.29, 1.82) is 0 Å². The van der Waals surface area contributed by atoms with Crippen LogP contribution in [-0.4, -0.2) is 25.3 Å². The molecule has 0 bridgehead atoms. The molecule has 0 radical (unpaired) electrons. The predicted octanol–water partition coefficient (Wildman–Crippen LogP) is 0.685. The molecule has 1 aliphatic rings. The molecule has 1 rings (SSSR count). The molecule has 0 saturated carbocycles. The molecule has 1 aliphatic heterocycles. The van der Waals surface area contributed by atoms with Crippen molar-refractivity contribution in [2.24, 2.45) is 10.9 Å². The van der Waals surface area contributed by atoms with E-state index in [-0.39, 0.29) is 0 Å². The van der Waals surface area contributed by atoms with Crippen molar-refractivity contribution in [2.45, 2.75) is 19.9 Å². The van der Waals surface area contributed by atoms with Crippen molar-refractivity contribution in [3.05, 3.63) is 0 Å². The number of nitrogens with one attached hydrogen (secondary N) is 1. The van der Waals surface area contributed by atoms with E-state index in [9.17, 15) is 0 Å². The van der Waals surface area contributed by atoms with Gasteiger partial charge < -0.3 is 5.32 Å². The van der Waals surface area contributed by atoms with Crippen LogP contribution in [-0.2, 0) is 0 Å². The molecule has 0 aromatic carbocycles. The highest BCUT2D eigenvalue weighted by atomic mass is 15.0. The lowest BCUT2D eigenvalue weighted by molar-refractivity contribution is 0.503. The van der Waals surface area contributed by atoms with Crippen LogP contribution in [0, 0.1) is 5.92 Å². The summed E-state index contributed by atoms with van der Waals surface area (Å²) in [6.07, 6.45) is 2.05. The molecule has 0 aliphatic carbocycles. The zero-order valence-electron chi connectivity index (χ0n) is 6.09. The zero-order chi connectivity index (χ0) is 6.69. The van der Waals surface area contributed by atoms with Crippen LogP contribution in [0.25, 0.3) is 0 Å². The summed E-state index contributed by atoms with van der Waals surface area (Å²) in [5.74, 6) is 0.590. The van der Waals surface area contributed by atoms with Gasteiger partial charge in [-0.15, -0.1) is 0 Å². The predicted molar refractivity (Wildman–Crippen MR) is 40.0 cm³/mol. The van der Waals surface area contributed by atoms with Crippen LogP contribution in [0.4, 0.5) is 0 Å². The number of aliphatic imine (C=N–C) groups is 1. The Morgan fingerprint density at radius 1 is 1.56 bits per heavy atom. The molecular formula is C7H14N2. The highest BCUT2D eigenvalue weighted by Crippen LogP contribution is 2.00. The van der Waals surface area contributed by atoms with Gasteiger partial charge in [0.2, 0.25) is 0 Å². The molecule has 0 saturated heterocycles. The zero-order valence-corrected chi connectivity index (χ0v) is 6.09. The van der Waals surface area contributed by atoms with Gasteiger partial charge in [-0.1, -0.05) is 6.92 Å². The maximum absolute atomic E-state index is 4.21. The van der Waals surface area contributed by atoms with E-state index in [0.717, 1.165) is 13.1 Å². The van der Waals surface area contributed by atoms with Crippen molar-refractivity contribution in [3.8, 4) is 0 Å². The van der Waals surface area contributed by atoms with Crippen molar-refractivity contribution < 1.29 is 0 Å². The van der Waals surface area contributed by atoms with E-state index in [1.807, 2.05) is 6.21 Å². The Bertz CT molecular complexity index is 109. The summed E-state index contributed by atoms with van der Waals surface area (Å²) in [7, 11) is 0. The third-order valence-electron chi connectivity index (χ3n) is 1.84. The Labute approximate surface area is 56.4 Å². The molecule has 0 aromatic rings. The largest absolute Gasteiger partial charge is 0.312 e. The standard InChI is InChI=1S/C7H14N2/c1-6-5-8-3-4-9-7(6)2/h5-7,9H,3-4H2,1-2H3. The maximum Gasteiger partial charge on any atom is 0.0510 e. The lowest BCUT2D eigenvalue weighted by atomic mass is 10.1. The fraction of sp³-hybridized carbons (Fsp3) is 0.857. The monoisotopic (exact) mass is 126 g/mol. The Hall–Kier alpha value is -0.370. The molecule has 2 unspecified atom stereocenters. The van der Waals surface area contributed by atoms with Crippen LogP contribution in [0.2, 0.25) is 0 Å². The summed E-state index contributed by atoms with van der Waals surface area (Å²) >= 11 is 0. The van der Waals surface area contributed by atoms with E-state index < -0.39 is 0 Å². The molecule has 9 heavy (non-hydrogen) atoms. The van der Waals surface area contributed by atoms with Crippen molar-refractivity contribution >= 4 is 6.21 Å². The summed E-state index contributed by atoms with van der Waals surface area (Å²) in [6, 6.07) is 0.594. The molecule has 0 aromatic heterocycles. The van der Waals surface area contributed by atoms with E-state index in [2.05, 4.69) is 24.2 Å². The molecule has 1 N–H and O–H groups in total. The minimum atomic E-state index is 0.590. The normalized spacial score (nSPS) is 36.2. The van der Waals surface area contributed by atoms with Gasteiger partial charge >= 0.3 is 0 Å². The fourth-order valence-electron chi connectivity index (χ4n) is 0.913. The van der Waals surface area contributed by atoms with Crippen LogP contribution in [0.15, 0.2) is 4.99 Å². The minimum Gasteiger partial charge on any atom is -0.312 e. The number of hydrogen-bond donors (Lipinski definition) is 1. The highest BCUT2D eigenvalue weighted by Gasteiger charge is 2.09. The molecule has 0 spiro atoms. The number of nitrogens with zero attached hydrogens (tertiary/aromatic N) is 1. The summed E-state index contributed by atoms with van der Waals surface area (Å²) in [5, 5.41) is 3.37. The molecule has 2 heteroatoms. The quantitative estimate of drug-likeness (QED) is 0.507. The van der Waals surface area contributed by atoms with Crippen LogP contribution in [0.1, 0.15) is 13.8 Å². The van der Waals surface area contributed by atoms with Gasteiger partial charge in [0.1, 0.15) is 0 Å². The van der Waals surface area contributed by atoms with Crippen LogP contribution >= 0.6 is 0 Å². The summed E-state index contributed by atoms with van der Waals surface area (Å²) in [4.78, 5) is 4.21. The first-order valence-electron chi connectivity index (χ1n) is 3.54. The topological polar surface area (TPSA) is 24.4 Å². The molecule has 2 atom stereocenters. The van der Waals surface area contributed by atoms with Gasteiger partial charge in [0.05, 0.1) is 6.54 Å². The summed E-state index contributed by atoms with van der Waals surface area (Å²) in [6.45, 7) is 6.35. The maximum atomic E-state index is 4.21. The second-order valence-corrected chi connectivity index (χ2v) is 2.66. The van der Waals surface area contributed by atoms with Crippen LogP contribution < -0.4 is 5.32 Å². The fourth-order valence-corrected chi connectivity index (χ4v) is 0.913. The third-order valence-corrected chi connectivity index (χ3v) is 1.84. The summed E-state index contributed by atoms with van der Waals surface area (Å²) in [5.41, 5.74) is 0. The van der Waals surface area contributed by atoms with Crippen molar-refractivity contribution in [2.75, 3.05) is 13.1 Å². The Kier molecular flexibility index (Phi) is 2.22. The Morgan fingerprint density at radius 2 is 2.33 bits per heavy atom. The van der Waals surface area contributed by atoms with E-state index in [0.29, 0.717) is 12.0 Å². The van der Waals surface area contributed by atoms with Gasteiger partial charge in [-0.2, -0.15) is 0 Å². The molecule has 2 nitrogen and oxygen atoms in total. The third kappa shape index (κ3) is 1.79. The minimum absolute atomic E-state index is 0.590. The van der Waals surface area contributed by atoms with Crippen molar-refractivity contribution in [3.63, 3.8) is 0 Å². The van der Waals surface area contributed by atoms with E-state index in [1.54, 1.807) is 0 Å². The number of hydrogen-bond acceptors (Lipinski definition) is 2. The van der Waals surface area contributed by atoms with E-state index in [1.165, 1.54) is 0 Å². The lowest BCUT2D eigenvalue weighted by Gasteiger charge is -2.13. The Morgan fingerprint density at radius 3 is 3.11 bits per heavy atom. The first-order chi connectivity index (χ1) is 4.30.